The Kier molecular flexibility index (Phi) is 6.19. The molecule has 1 heterocycles. The Bertz CT molecular complexity index is 892. The minimum absolute atomic E-state index is 0.186. The van der Waals surface area contributed by atoms with Crippen molar-refractivity contribution in [2.75, 3.05) is 17.1 Å². The van der Waals surface area contributed by atoms with Gasteiger partial charge >= 0.3 is 0 Å². The molecule has 0 aliphatic heterocycles. The molecule has 1 aromatic heterocycles. The summed E-state index contributed by atoms with van der Waals surface area (Å²) in [4.78, 5) is 15.8. The van der Waals surface area contributed by atoms with Gasteiger partial charge in [0, 0.05) is 31.9 Å². The molecule has 0 aliphatic rings. The molecular formula is C16H16F3N3O3S. The molecule has 10 heteroatoms. The summed E-state index contributed by atoms with van der Waals surface area (Å²) in [6.45, 7) is -0.245. The first-order chi connectivity index (χ1) is 12.2. The number of nitrogens with one attached hydrogen (secondary N) is 1. The molecule has 0 saturated carbocycles. The van der Waals surface area contributed by atoms with Crippen LogP contribution in [0.5, 0.6) is 0 Å². The Labute approximate surface area is 148 Å². The maximum absolute atomic E-state index is 13.9. The summed E-state index contributed by atoms with van der Waals surface area (Å²) in [6.07, 6.45) is 3.61. The van der Waals surface area contributed by atoms with Crippen molar-refractivity contribution in [2.24, 2.45) is 0 Å². The molecule has 2 rings (SSSR count). The molecule has 0 fully saturated rings. The van der Waals surface area contributed by atoms with E-state index in [0.29, 0.717) is 10.4 Å². The van der Waals surface area contributed by atoms with Crippen molar-refractivity contribution in [1.29, 1.82) is 0 Å². The molecule has 0 unspecified atom stereocenters. The summed E-state index contributed by atoms with van der Waals surface area (Å²) in [6, 6.07) is 4.86. The summed E-state index contributed by atoms with van der Waals surface area (Å²) in [7, 11) is -4.02. The lowest BCUT2D eigenvalue weighted by Gasteiger charge is -2.22. The van der Waals surface area contributed by atoms with Gasteiger partial charge in [-0.15, -0.1) is 0 Å². The molecule has 1 amide bonds. The largest absolute Gasteiger partial charge is 0.352 e. The Balaban J connectivity index is 2.08. The van der Waals surface area contributed by atoms with Gasteiger partial charge < -0.3 is 5.32 Å². The second-order valence-corrected chi connectivity index (χ2v) is 7.32. The summed E-state index contributed by atoms with van der Waals surface area (Å²) >= 11 is 0. The van der Waals surface area contributed by atoms with Crippen LogP contribution in [0.1, 0.15) is 12.0 Å². The van der Waals surface area contributed by atoms with Crippen molar-refractivity contribution in [1.82, 2.24) is 10.3 Å². The molecule has 0 radical (unpaired) electrons. The zero-order chi connectivity index (χ0) is 19.3. The van der Waals surface area contributed by atoms with E-state index in [0.717, 1.165) is 17.9 Å². The Morgan fingerprint density at radius 3 is 2.54 bits per heavy atom. The molecule has 2 aromatic rings. The van der Waals surface area contributed by atoms with Crippen molar-refractivity contribution < 1.29 is 26.4 Å². The number of aromatic nitrogens is 1. The fourth-order valence-corrected chi connectivity index (χ4v) is 3.09. The van der Waals surface area contributed by atoms with Crippen molar-refractivity contribution in [2.45, 2.75) is 13.0 Å². The van der Waals surface area contributed by atoms with Crippen LogP contribution in [0.25, 0.3) is 0 Å². The molecule has 0 spiro atoms. The highest BCUT2D eigenvalue weighted by Crippen LogP contribution is 2.25. The van der Waals surface area contributed by atoms with Crippen LogP contribution in [0.15, 0.2) is 36.7 Å². The summed E-state index contributed by atoms with van der Waals surface area (Å²) in [5.74, 6) is -5.34. The zero-order valence-electron chi connectivity index (χ0n) is 13.7. The lowest BCUT2D eigenvalue weighted by Crippen LogP contribution is -2.35. The van der Waals surface area contributed by atoms with Gasteiger partial charge in [0.2, 0.25) is 15.9 Å². The molecule has 140 valence electrons. The number of carbonyl (C=O) groups is 1. The first-order valence-electron chi connectivity index (χ1n) is 7.47. The van der Waals surface area contributed by atoms with Gasteiger partial charge in [0.25, 0.3) is 0 Å². The molecule has 1 aromatic carbocycles. The van der Waals surface area contributed by atoms with Gasteiger partial charge in [0.15, 0.2) is 17.5 Å². The van der Waals surface area contributed by atoms with Crippen LogP contribution in [0, 0.1) is 17.5 Å². The zero-order valence-corrected chi connectivity index (χ0v) is 14.6. The SMILES string of the molecule is CS(=O)(=O)N(CCC(=O)NCc1cccnc1)c1ccc(F)c(F)c1F. The molecule has 0 atom stereocenters. The van der Waals surface area contributed by atoms with E-state index in [1.54, 1.807) is 24.5 Å². The van der Waals surface area contributed by atoms with E-state index in [4.69, 9.17) is 0 Å². The maximum Gasteiger partial charge on any atom is 0.232 e. The lowest BCUT2D eigenvalue weighted by molar-refractivity contribution is -0.121. The van der Waals surface area contributed by atoms with Crippen LogP contribution in [0.4, 0.5) is 18.9 Å². The summed E-state index contributed by atoms with van der Waals surface area (Å²) < 4.78 is 64.6. The van der Waals surface area contributed by atoms with E-state index in [1.165, 1.54) is 0 Å². The van der Waals surface area contributed by atoms with E-state index in [1.807, 2.05) is 0 Å². The maximum atomic E-state index is 13.9. The number of nitrogens with zero attached hydrogens (tertiary/aromatic N) is 2. The minimum atomic E-state index is -4.02. The molecule has 1 N–H and O–H groups in total. The minimum Gasteiger partial charge on any atom is -0.352 e. The fourth-order valence-electron chi connectivity index (χ4n) is 2.17. The average Bonchev–Trinajstić information content (AvgIpc) is 2.59. The average molecular weight is 387 g/mol. The predicted molar refractivity (Wildman–Crippen MR) is 89.2 cm³/mol. The van der Waals surface area contributed by atoms with Gasteiger partial charge in [-0.25, -0.2) is 21.6 Å². The van der Waals surface area contributed by atoms with Gasteiger partial charge in [-0.05, 0) is 23.8 Å². The highest BCUT2D eigenvalue weighted by Gasteiger charge is 2.25. The first kappa shape index (κ1) is 19.7. The number of hydrogen-bond donors (Lipinski definition) is 1. The van der Waals surface area contributed by atoms with Gasteiger partial charge in [-0.2, -0.15) is 0 Å². The Morgan fingerprint density at radius 2 is 1.92 bits per heavy atom. The van der Waals surface area contributed by atoms with Crippen LogP contribution in [0.3, 0.4) is 0 Å². The van der Waals surface area contributed by atoms with Crippen molar-refractivity contribution in [3.05, 3.63) is 59.7 Å². The van der Waals surface area contributed by atoms with Crippen molar-refractivity contribution in [3.8, 4) is 0 Å². The van der Waals surface area contributed by atoms with E-state index >= 15 is 0 Å². The third kappa shape index (κ3) is 4.94. The van der Waals surface area contributed by atoms with Gasteiger partial charge in [0.05, 0.1) is 11.9 Å². The first-order valence-corrected chi connectivity index (χ1v) is 9.32. The van der Waals surface area contributed by atoms with Crippen molar-refractivity contribution in [3.63, 3.8) is 0 Å². The van der Waals surface area contributed by atoms with Gasteiger partial charge in [-0.1, -0.05) is 6.07 Å². The number of anilines is 1. The highest BCUT2D eigenvalue weighted by atomic mass is 32.2. The number of hydrogen-bond acceptors (Lipinski definition) is 4. The number of pyridine rings is 1. The predicted octanol–water partition coefficient (Wildman–Crippen LogP) is 1.97. The van der Waals surface area contributed by atoms with E-state index in [-0.39, 0.29) is 13.0 Å². The lowest BCUT2D eigenvalue weighted by atomic mass is 10.2. The number of benzene rings is 1. The molecule has 6 nitrogen and oxygen atoms in total. The third-order valence-electron chi connectivity index (χ3n) is 3.44. The smallest absolute Gasteiger partial charge is 0.232 e. The van der Waals surface area contributed by atoms with Crippen LogP contribution < -0.4 is 9.62 Å². The number of amides is 1. The second-order valence-electron chi connectivity index (χ2n) is 5.42. The van der Waals surface area contributed by atoms with Crippen LogP contribution in [0.2, 0.25) is 0 Å². The topological polar surface area (TPSA) is 79.4 Å². The number of sulfonamides is 1. The molecule has 0 saturated heterocycles. The monoisotopic (exact) mass is 387 g/mol. The Morgan fingerprint density at radius 1 is 1.19 bits per heavy atom. The second kappa shape index (κ2) is 8.17. The number of halogens is 3. The van der Waals surface area contributed by atoms with Crippen LogP contribution in [-0.4, -0.2) is 32.1 Å². The van der Waals surface area contributed by atoms with Gasteiger partial charge in [0.1, 0.15) is 0 Å². The Hall–Kier alpha value is -2.62. The molecule has 0 bridgehead atoms. The normalized spacial score (nSPS) is 11.2. The number of carbonyl (C=O) groups excluding carboxylic acids is 1. The van der Waals surface area contributed by atoms with Gasteiger partial charge in [-0.3, -0.25) is 14.1 Å². The van der Waals surface area contributed by atoms with E-state index < -0.39 is 45.6 Å². The molecular weight excluding hydrogens is 371 g/mol. The van der Waals surface area contributed by atoms with Crippen molar-refractivity contribution >= 4 is 21.6 Å². The third-order valence-corrected chi connectivity index (χ3v) is 4.62. The summed E-state index contributed by atoms with van der Waals surface area (Å²) in [5.41, 5.74) is 0.0823. The number of rotatable bonds is 7. The van der Waals surface area contributed by atoms with E-state index in [2.05, 4.69) is 10.3 Å². The summed E-state index contributed by atoms with van der Waals surface area (Å²) in [5, 5.41) is 2.56. The van der Waals surface area contributed by atoms with Crippen LogP contribution >= 0.6 is 0 Å². The highest BCUT2D eigenvalue weighted by molar-refractivity contribution is 7.92. The van der Waals surface area contributed by atoms with E-state index in [9.17, 15) is 26.4 Å². The molecule has 26 heavy (non-hydrogen) atoms. The quantitative estimate of drug-likeness (QED) is 0.737. The standard InChI is InChI=1S/C16H16F3N3O3S/c1-26(24,25)22(13-5-4-12(17)15(18)16(13)19)8-6-14(23)21-10-11-3-2-7-20-9-11/h2-5,7,9H,6,8,10H2,1H3,(H,21,23). The molecule has 0 aliphatic carbocycles. The van der Waals surface area contributed by atoms with Crippen LogP contribution in [-0.2, 0) is 21.4 Å². The fraction of sp³-hybridized carbons (Fsp3) is 0.250.